The fraction of sp³-hybridized carbons (Fsp3) is 0.550. The summed E-state index contributed by atoms with van der Waals surface area (Å²) in [7, 11) is -3.18. The van der Waals surface area contributed by atoms with E-state index in [0.29, 0.717) is 19.4 Å². The summed E-state index contributed by atoms with van der Waals surface area (Å²) < 4.78 is 28.6. The summed E-state index contributed by atoms with van der Waals surface area (Å²) >= 11 is 0. The van der Waals surface area contributed by atoms with Crippen LogP contribution in [0.1, 0.15) is 43.5 Å². The van der Waals surface area contributed by atoms with E-state index in [9.17, 15) is 32.9 Å². The lowest BCUT2D eigenvalue weighted by molar-refractivity contribution is -0.384. The quantitative estimate of drug-likeness (QED) is 0.303. The Balaban J connectivity index is 1.92. The fourth-order valence-corrected chi connectivity index (χ4v) is 5.03. The maximum Gasteiger partial charge on any atom is 0.328 e. The molecule has 0 saturated carbocycles. The number of nitrogens with zero attached hydrogens (tertiary/aromatic N) is 2. The molecule has 0 aromatic heterocycles. The maximum atomic E-state index is 12.6. The highest BCUT2D eigenvalue weighted by Crippen LogP contribution is 2.19. The number of benzene rings is 1. The number of carbonyl (C=O) groups is 3. The molecule has 1 heterocycles. The molecule has 12 heteroatoms. The zero-order chi connectivity index (χ0) is 23.9. The van der Waals surface area contributed by atoms with E-state index in [2.05, 4.69) is 5.32 Å². The average molecular weight is 470 g/mol. The Labute approximate surface area is 186 Å². The first kappa shape index (κ1) is 25.2. The summed E-state index contributed by atoms with van der Waals surface area (Å²) in [6.45, 7) is 3.10. The SMILES string of the molecule is CCCCN(C(=O)COC(=O)C(C)NC(=O)c1cccc([N+](=O)[O-])c1)C1CCS(=O)(=O)C1. The van der Waals surface area contributed by atoms with Crippen molar-refractivity contribution in [2.45, 2.75) is 45.2 Å². The first-order valence-electron chi connectivity index (χ1n) is 10.3. The minimum Gasteiger partial charge on any atom is -0.454 e. The van der Waals surface area contributed by atoms with Gasteiger partial charge in [-0.3, -0.25) is 19.7 Å². The van der Waals surface area contributed by atoms with Gasteiger partial charge in [-0.15, -0.1) is 0 Å². The van der Waals surface area contributed by atoms with E-state index < -0.39 is 51.2 Å². The number of nitro groups is 1. The van der Waals surface area contributed by atoms with E-state index >= 15 is 0 Å². The van der Waals surface area contributed by atoms with Gasteiger partial charge in [0, 0.05) is 30.3 Å². The van der Waals surface area contributed by atoms with Gasteiger partial charge in [-0.1, -0.05) is 19.4 Å². The van der Waals surface area contributed by atoms with Crippen LogP contribution in [0.2, 0.25) is 0 Å². The van der Waals surface area contributed by atoms with Crippen molar-refractivity contribution in [3.05, 3.63) is 39.9 Å². The average Bonchev–Trinajstić information content (AvgIpc) is 3.11. The molecule has 11 nitrogen and oxygen atoms in total. The van der Waals surface area contributed by atoms with Crippen LogP contribution in [0.5, 0.6) is 0 Å². The van der Waals surface area contributed by atoms with E-state index in [0.717, 1.165) is 12.5 Å². The Morgan fingerprint density at radius 3 is 2.66 bits per heavy atom. The summed E-state index contributed by atoms with van der Waals surface area (Å²) in [5, 5.41) is 13.2. The third-order valence-electron chi connectivity index (χ3n) is 5.08. The molecule has 1 aliphatic heterocycles. The maximum absolute atomic E-state index is 12.6. The van der Waals surface area contributed by atoms with Crippen molar-refractivity contribution in [3.63, 3.8) is 0 Å². The molecule has 0 bridgehead atoms. The van der Waals surface area contributed by atoms with Crippen molar-refractivity contribution in [1.29, 1.82) is 0 Å². The fourth-order valence-electron chi connectivity index (χ4n) is 3.30. The third-order valence-corrected chi connectivity index (χ3v) is 6.83. The number of hydrogen-bond acceptors (Lipinski definition) is 8. The molecular formula is C20H27N3O8S. The van der Waals surface area contributed by atoms with E-state index in [-0.39, 0.29) is 22.8 Å². The number of amides is 2. The Hall–Kier alpha value is -3.02. The number of ether oxygens (including phenoxy) is 1. The number of hydrogen-bond donors (Lipinski definition) is 1. The number of rotatable bonds is 10. The van der Waals surface area contributed by atoms with Gasteiger partial charge in [-0.25, -0.2) is 13.2 Å². The number of nitro benzene ring substituents is 1. The number of carbonyl (C=O) groups excluding carboxylic acids is 3. The molecule has 1 aliphatic rings. The summed E-state index contributed by atoms with van der Waals surface area (Å²) in [5.74, 6) is -2.14. The lowest BCUT2D eigenvalue weighted by Gasteiger charge is -2.28. The highest BCUT2D eigenvalue weighted by Gasteiger charge is 2.34. The third kappa shape index (κ3) is 7.01. The molecule has 1 N–H and O–H groups in total. The highest BCUT2D eigenvalue weighted by molar-refractivity contribution is 7.91. The smallest absolute Gasteiger partial charge is 0.328 e. The van der Waals surface area contributed by atoms with Gasteiger partial charge in [0.1, 0.15) is 6.04 Å². The lowest BCUT2D eigenvalue weighted by atomic mass is 10.2. The van der Waals surface area contributed by atoms with Gasteiger partial charge in [0.2, 0.25) is 0 Å². The number of esters is 1. The van der Waals surface area contributed by atoms with E-state index in [1.807, 2.05) is 6.92 Å². The van der Waals surface area contributed by atoms with Gasteiger partial charge in [-0.05, 0) is 25.8 Å². The number of sulfone groups is 1. The molecule has 0 aliphatic carbocycles. The topological polar surface area (TPSA) is 153 Å². The molecule has 2 unspecified atom stereocenters. The molecular weight excluding hydrogens is 442 g/mol. The van der Waals surface area contributed by atoms with Crippen LogP contribution in [0, 0.1) is 10.1 Å². The summed E-state index contributed by atoms with van der Waals surface area (Å²) in [4.78, 5) is 48.8. The standard InChI is InChI=1S/C20H27N3O8S/c1-3-4-9-22(17-8-10-32(29,30)13-17)18(24)12-31-20(26)14(2)21-19(25)15-6-5-7-16(11-15)23(27)28/h5-7,11,14,17H,3-4,8-10,12-13H2,1-2H3,(H,21,25). The first-order chi connectivity index (χ1) is 15.0. The van der Waals surface area contributed by atoms with Crippen molar-refractivity contribution in [2.24, 2.45) is 0 Å². The van der Waals surface area contributed by atoms with Crippen LogP contribution >= 0.6 is 0 Å². The van der Waals surface area contributed by atoms with Gasteiger partial charge >= 0.3 is 5.97 Å². The predicted octanol–water partition coefficient (Wildman–Crippen LogP) is 1.07. The van der Waals surface area contributed by atoms with Crippen LogP contribution < -0.4 is 5.32 Å². The second kappa shape index (κ2) is 11.0. The van der Waals surface area contributed by atoms with E-state index in [1.54, 1.807) is 0 Å². The van der Waals surface area contributed by atoms with Gasteiger partial charge in [-0.2, -0.15) is 0 Å². The largest absolute Gasteiger partial charge is 0.454 e. The number of unbranched alkanes of at least 4 members (excludes halogenated alkanes) is 1. The Bertz CT molecular complexity index is 979. The molecule has 0 spiro atoms. The molecule has 2 rings (SSSR count). The van der Waals surface area contributed by atoms with Crippen LogP contribution in [0.25, 0.3) is 0 Å². The molecule has 1 aromatic carbocycles. The van der Waals surface area contributed by atoms with Crippen LogP contribution in [0.4, 0.5) is 5.69 Å². The van der Waals surface area contributed by atoms with Crippen molar-refractivity contribution >= 4 is 33.3 Å². The normalized spacial score (nSPS) is 17.9. The van der Waals surface area contributed by atoms with Crippen LogP contribution in [-0.4, -0.2) is 72.8 Å². The van der Waals surface area contributed by atoms with Gasteiger partial charge in [0.25, 0.3) is 17.5 Å². The highest BCUT2D eigenvalue weighted by atomic mass is 32.2. The molecule has 2 amide bonds. The number of non-ortho nitro benzene ring substituents is 1. The van der Waals surface area contributed by atoms with Crippen LogP contribution in [-0.2, 0) is 24.2 Å². The molecule has 2 atom stereocenters. The second-order valence-corrected chi connectivity index (χ2v) is 9.84. The van der Waals surface area contributed by atoms with Gasteiger partial charge < -0.3 is 15.0 Å². The minimum absolute atomic E-state index is 0.00288. The molecule has 32 heavy (non-hydrogen) atoms. The second-order valence-electron chi connectivity index (χ2n) is 7.61. The summed E-state index contributed by atoms with van der Waals surface area (Å²) in [5.41, 5.74) is -0.261. The van der Waals surface area contributed by atoms with Crippen molar-refractivity contribution in [3.8, 4) is 0 Å². The predicted molar refractivity (Wildman–Crippen MR) is 115 cm³/mol. The van der Waals surface area contributed by atoms with Crippen molar-refractivity contribution in [2.75, 3.05) is 24.7 Å². The van der Waals surface area contributed by atoms with Crippen LogP contribution in [0.15, 0.2) is 24.3 Å². The van der Waals surface area contributed by atoms with Gasteiger partial charge in [0.15, 0.2) is 16.4 Å². The van der Waals surface area contributed by atoms with Crippen molar-refractivity contribution in [1.82, 2.24) is 10.2 Å². The lowest BCUT2D eigenvalue weighted by Crippen LogP contribution is -2.45. The van der Waals surface area contributed by atoms with E-state index in [4.69, 9.17) is 4.74 Å². The minimum atomic E-state index is -3.18. The molecule has 1 saturated heterocycles. The Kier molecular flexibility index (Phi) is 8.70. The van der Waals surface area contributed by atoms with Gasteiger partial charge in [0.05, 0.1) is 16.4 Å². The van der Waals surface area contributed by atoms with Crippen LogP contribution in [0.3, 0.4) is 0 Å². The zero-order valence-corrected chi connectivity index (χ0v) is 18.8. The number of nitrogens with one attached hydrogen (secondary N) is 1. The molecule has 1 aromatic rings. The zero-order valence-electron chi connectivity index (χ0n) is 18.0. The Morgan fingerprint density at radius 2 is 2.06 bits per heavy atom. The summed E-state index contributed by atoms with van der Waals surface area (Å²) in [6, 6.07) is 3.49. The first-order valence-corrected chi connectivity index (χ1v) is 12.1. The van der Waals surface area contributed by atoms with Crippen molar-refractivity contribution < 1.29 is 32.5 Å². The Morgan fingerprint density at radius 1 is 1.34 bits per heavy atom. The molecule has 0 radical (unpaired) electrons. The molecule has 1 fully saturated rings. The molecule has 176 valence electrons. The summed E-state index contributed by atoms with van der Waals surface area (Å²) in [6.07, 6.45) is 1.84. The van der Waals surface area contributed by atoms with E-state index in [1.165, 1.54) is 30.0 Å². The monoisotopic (exact) mass is 469 g/mol.